The van der Waals surface area contributed by atoms with Gasteiger partial charge in [0.1, 0.15) is 5.82 Å². The zero-order chi connectivity index (χ0) is 18.6. The molecule has 0 aliphatic rings. The number of esters is 1. The van der Waals surface area contributed by atoms with E-state index < -0.39 is 23.6 Å². The van der Waals surface area contributed by atoms with Crippen molar-refractivity contribution in [3.63, 3.8) is 0 Å². The van der Waals surface area contributed by atoms with Crippen LogP contribution in [-0.4, -0.2) is 37.5 Å². The van der Waals surface area contributed by atoms with Crippen molar-refractivity contribution in [3.8, 4) is 11.1 Å². The minimum atomic E-state index is -0.583. The maximum Gasteiger partial charge on any atom is 0.310 e. The first kappa shape index (κ1) is 18.6. The van der Waals surface area contributed by atoms with Gasteiger partial charge in [-0.2, -0.15) is 0 Å². The predicted octanol–water partition coefficient (Wildman–Crippen LogP) is 3.68. The molecule has 132 valence electrons. The molecule has 0 saturated carbocycles. The molecule has 2 aromatic carbocycles. The lowest BCUT2D eigenvalue weighted by Crippen LogP contribution is -2.34. The third-order valence-electron chi connectivity index (χ3n) is 4.08. The van der Waals surface area contributed by atoms with E-state index in [-0.39, 0.29) is 12.1 Å². The molecule has 25 heavy (non-hydrogen) atoms. The van der Waals surface area contributed by atoms with Crippen LogP contribution in [0.15, 0.2) is 42.5 Å². The van der Waals surface area contributed by atoms with Crippen LogP contribution in [-0.2, 0) is 9.53 Å². The number of benzene rings is 2. The summed E-state index contributed by atoms with van der Waals surface area (Å²) in [6.45, 7) is 3.80. The molecule has 0 saturated heterocycles. The Labute approximate surface area is 147 Å². The Balaban J connectivity index is 2.18. The maximum absolute atomic E-state index is 14.4. The van der Waals surface area contributed by atoms with E-state index in [0.29, 0.717) is 5.56 Å². The molecule has 0 spiro atoms. The lowest BCUT2D eigenvalue weighted by Gasteiger charge is -2.20. The molecule has 0 aromatic heterocycles. The highest BCUT2D eigenvalue weighted by Crippen LogP contribution is 2.23. The number of hydrogen-bond donors (Lipinski definition) is 0. The molecule has 1 atom stereocenters. The molecule has 0 aliphatic carbocycles. The Bertz CT molecular complexity index is 771. The van der Waals surface area contributed by atoms with Crippen LogP contribution in [0.5, 0.6) is 0 Å². The minimum absolute atomic E-state index is 0.0181. The van der Waals surface area contributed by atoms with Crippen LogP contribution < -0.4 is 0 Å². The monoisotopic (exact) mass is 343 g/mol. The van der Waals surface area contributed by atoms with Gasteiger partial charge < -0.3 is 9.64 Å². The summed E-state index contributed by atoms with van der Waals surface area (Å²) in [7, 11) is 2.83. The lowest BCUT2D eigenvalue weighted by molar-refractivity contribution is -0.145. The average molecular weight is 343 g/mol. The molecular formula is C20H22FNO3. The van der Waals surface area contributed by atoms with Gasteiger partial charge in [0.15, 0.2) is 0 Å². The Morgan fingerprint density at radius 1 is 1.12 bits per heavy atom. The van der Waals surface area contributed by atoms with E-state index in [1.807, 2.05) is 31.2 Å². The molecule has 4 nitrogen and oxygen atoms in total. The van der Waals surface area contributed by atoms with E-state index in [9.17, 15) is 14.0 Å². The summed E-state index contributed by atoms with van der Waals surface area (Å²) >= 11 is 0. The standard InChI is InChI=1S/C20H22FNO3/c1-13-5-7-15(8-6-13)16-9-10-17(18(21)11-16)19(23)22(3)12-14(2)20(24)25-4/h5-11,14H,12H2,1-4H3/t14-/m1/s1. The summed E-state index contributed by atoms with van der Waals surface area (Å²) in [4.78, 5) is 25.2. The summed E-state index contributed by atoms with van der Waals surface area (Å²) in [5, 5.41) is 0. The van der Waals surface area contributed by atoms with Crippen LogP contribution in [0.3, 0.4) is 0 Å². The van der Waals surface area contributed by atoms with Crippen molar-refractivity contribution in [2.24, 2.45) is 5.92 Å². The molecule has 2 aromatic rings. The van der Waals surface area contributed by atoms with Crippen LogP contribution in [0.2, 0.25) is 0 Å². The molecule has 5 heteroatoms. The predicted molar refractivity (Wildman–Crippen MR) is 94.7 cm³/mol. The van der Waals surface area contributed by atoms with Crippen molar-refractivity contribution in [2.45, 2.75) is 13.8 Å². The van der Waals surface area contributed by atoms with Crippen molar-refractivity contribution in [1.29, 1.82) is 0 Å². The summed E-state index contributed by atoms with van der Waals surface area (Å²) in [6, 6.07) is 12.3. The van der Waals surface area contributed by atoms with Crippen molar-refractivity contribution < 1.29 is 18.7 Å². The van der Waals surface area contributed by atoms with Gasteiger partial charge in [0, 0.05) is 13.6 Å². The molecule has 1 amide bonds. The van der Waals surface area contributed by atoms with Gasteiger partial charge >= 0.3 is 5.97 Å². The van der Waals surface area contributed by atoms with Crippen molar-refractivity contribution in [2.75, 3.05) is 20.7 Å². The van der Waals surface area contributed by atoms with Gasteiger partial charge in [-0.3, -0.25) is 9.59 Å². The fourth-order valence-electron chi connectivity index (χ4n) is 2.59. The van der Waals surface area contributed by atoms with E-state index in [4.69, 9.17) is 0 Å². The summed E-state index contributed by atoms with van der Waals surface area (Å²) in [5.74, 6) is -1.94. The van der Waals surface area contributed by atoms with Gasteiger partial charge in [0.05, 0.1) is 18.6 Å². The van der Waals surface area contributed by atoms with E-state index in [0.717, 1.165) is 11.1 Å². The highest BCUT2D eigenvalue weighted by molar-refractivity contribution is 5.95. The van der Waals surface area contributed by atoms with E-state index in [1.165, 1.54) is 31.2 Å². The third-order valence-corrected chi connectivity index (χ3v) is 4.08. The molecule has 0 radical (unpaired) electrons. The first-order valence-corrected chi connectivity index (χ1v) is 8.03. The number of aryl methyl sites for hydroxylation is 1. The molecular weight excluding hydrogens is 321 g/mol. The number of nitrogens with zero attached hydrogens (tertiary/aromatic N) is 1. The van der Waals surface area contributed by atoms with Crippen molar-refractivity contribution in [3.05, 3.63) is 59.4 Å². The van der Waals surface area contributed by atoms with Crippen LogP contribution in [0.25, 0.3) is 11.1 Å². The first-order valence-electron chi connectivity index (χ1n) is 8.03. The van der Waals surface area contributed by atoms with Gasteiger partial charge in [-0.05, 0) is 30.2 Å². The molecule has 0 bridgehead atoms. The van der Waals surface area contributed by atoms with Crippen LogP contribution >= 0.6 is 0 Å². The van der Waals surface area contributed by atoms with Gasteiger partial charge in [0.2, 0.25) is 0 Å². The second kappa shape index (κ2) is 7.92. The number of hydrogen-bond acceptors (Lipinski definition) is 3. The highest BCUT2D eigenvalue weighted by Gasteiger charge is 2.21. The number of rotatable bonds is 5. The third kappa shape index (κ3) is 4.44. The number of methoxy groups -OCH3 is 1. The number of ether oxygens (including phenoxy) is 1. The molecule has 0 heterocycles. The van der Waals surface area contributed by atoms with E-state index in [1.54, 1.807) is 13.0 Å². The molecule has 0 aliphatic heterocycles. The highest BCUT2D eigenvalue weighted by atomic mass is 19.1. The molecule has 0 unspecified atom stereocenters. The fraction of sp³-hybridized carbons (Fsp3) is 0.300. The number of carbonyl (C=O) groups excluding carboxylic acids is 2. The summed E-state index contributed by atoms with van der Waals surface area (Å²) in [5.41, 5.74) is 2.70. The quantitative estimate of drug-likeness (QED) is 0.778. The van der Waals surface area contributed by atoms with Crippen molar-refractivity contribution >= 4 is 11.9 Å². The lowest BCUT2D eigenvalue weighted by atomic mass is 10.0. The largest absolute Gasteiger partial charge is 0.469 e. The smallest absolute Gasteiger partial charge is 0.310 e. The first-order chi connectivity index (χ1) is 11.8. The van der Waals surface area contributed by atoms with Crippen LogP contribution in [0.1, 0.15) is 22.8 Å². The second-order valence-electron chi connectivity index (χ2n) is 6.17. The van der Waals surface area contributed by atoms with E-state index in [2.05, 4.69) is 4.74 Å². The SMILES string of the molecule is COC(=O)[C@H](C)CN(C)C(=O)c1ccc(-c2ccc(C)cc2)cc1F. The van der Waals surface area contributed by atoms with Gasteiger partial charge in [-0.15, -0.1) is 0 Å². The maximum atomic E-state index is 14.4. The molecule has 2 rings (SSSR count). The Kier molecular flexibility index (Phi) is 5.91. The average Bonchev–Trinajstić information content (AvgIpc) is 2.60. The zero-order valence-corrected chi connectivity index (χ0v) is 14.9. The normalized spacial score (nSPS) is 11.7. The Morgan fingerprint density at radius 2 is 1.72 bits per heavy atom. The van der Waals surface area contributed by atoms with Crippen molar-refractivity contribution in [1.82, 2.24) is 4.90 Å². The minimum Gasteiger partial charge on any atom is -0.469 e. The van der Waals surface area contributed by atoms with Gasteiger partial charge in [-0.25, -0.2) is 4.39 Å². The van der Waals surface area contributed by atoms with E-state index >= 15 is 0 Å². The fourth-order valence-corrected chi connectivity index (χ4v) is 2.59. The second-order valence-corrected chi connectivity index (χ2v) is 6.17. The molecule has 0 N–H and O–H groups in total. The summed E-state index contributed by atoms with van der Waals surface area (Å²) < 4.78 is 19.1. The van der Waals surface area contributed by atoms with Gasteiger partial charge in [0.25, 0.3) is 5.91 Å². The van der Waals surface area contributed by atoms with Crippen LogP contribution in [0.4, 0.5) is 4.39 Å². The van der Waals surface area contributed by atoms with Crippen LogP contribution in [0, 0.1) is 18.7 Å². The Hall–Kier alpha value is -2.69. The number of halogens is 1. The molecule has 0 fully saturated rings. The van der Waals surface area contributed by atoms with Gasteiger partial charge in [-0.1, -0.05) is 42.8 Å². The number of amides is 1. The summed E-state index contributed by atoms with van der Waals surface area (Å²) in [6.07, 6.45) is 0. The zero-order valence-electron chi connectivity index (χ0n) is 14.9. The number of carbonyl (C=O) groups is 2. The topological polar surface area (TPSA) is 46.6 Å². The Morgan fingerprint density at radius 3 is 2.28 bits per heavy atom.